The second-order valence-corrected chi connectivity index (χ2v) is 5.56. The van der Waals surface area contributed by atoms with Crippen molar-refractivity contribution in [1.29, 1.82) is 0 Å². The summed E-state index contributed by atoms with van der Waals surface area (Å²) in [4.78, 5) is 10.2. The van der Waals surface area contributed by atoms with Crippen molar-refractivity contribution in [3.8, 4) is 10.7 Å². The fraction of sp³-hybridized carbons (Fsp3) is 0.231. The molecule has 0 saturated carbocycles. The van der Waals surface area contributed by atoms with Gasteiger partial charge < -0.3 is 10.3 Å². The van der Waals surface area contributed by atoms with Gasteiger partial charge in [-0.05, 0) is 38.1 Å². The molecule has 0 saturated heterocycles. The van der Waals surface area contributed by atoms with Crippen molar-refractivity contribution in [2.45, 2.75) is 19.9 Å². The van der Waals surface area contributed by atoms with Crippen molar-refractivity contribution in [2.75, 3.05) is 5.73 Å². The van der Waals surface area contributed by atoms with Crippen LogP contribution in [0.15, 0.2) is 30.5 Å². The molecule has 5 heteroatoms. The number of pyridine rings is 1. The molecule has 4 nitrogen and oxygen atoms in total. The number of hydrogen-bond donors (Lipinski definition) is 1. The number of nitrogen functional groups attached to an aromatic ring is 1. The van der Waals surface area contributed by atoms with Crippen molar-refractivity contribution in [1.82, 2.24) is 14.5 Å². The van der Waals surface area contributed by atoms with Gasteiger partial charge in [-0.15, -0.1) is 11.3 Å². The number of anilines is 1. The molecule has 2 N–H and O–H groups in total. The predicted molar refractivity (Wildman–Crippen MR) is 75.6 cm³/mol. The van der Waals surface area contributed by atoms with Gasteiger partial charge in [-0.25, -0.2) is 9.97 Å². The first-order chi connectivity index (χ1) is 8.66. The van der Waals surface area contributed by atoms with E-state index in [2.05, 4.69) is 28.4 Å². The van der Waals surface area contributed by atoms with Gasteiger partial charge in [0.1, 0.15) is 5.52 Å². The molecule has 0 amide bonds. The fourth-order valence-corrected chi connectivity index (χ4v) is 2.83. The zero-order chi connectivity index (χ0) is 12.7. The van der Waals surface area contributed by atoms with Crippen LogP contribution in [0.5, 0.6) is 0 Å². The lowest BCUT2D eigenvalue weighted by Crippen LogP contribution is -2.03. The minimum Gasteiger partial charge on any atom is -0.391 e. The van der Waals surface area contributed by atoms with Crippen molar-refractivity contribution in [2.24, 2.45) is 0 Å². The van der Waals surface area contributed by atoms with Crippen molar-refractivity contribution in [3.05, 3.63) is 30.5 Å². The van der Waals surface area contributed by atoms with Gasteiger partial charge in [-0.3, -0.25) is 0 Å². The van der Waals surface area contributed by atoms with Crippen LogP contribution >= 0.6 is 11.3 Å². The van der Waals surface area contributed by atoms with Gasteiger partial charge in [-0.1, -0.05) is 0 Å². The highest BCUT2D eigenvalue weighted by molar-refractivity contribution is 7.19. The summed E-state index contributed by atoms with van der Waals surface area (Å²) in [6.45, 7) is 4.27. The first-order valence-electron chi connectivity index (χ1n) is 5.85. The second-order valence-electron chi connectivity index (χ2n) is 4.45. The average molecular weight is 258 g/mol. The van der Waals surface area contributed by atoms with Crippen LogP contribution in [0.25, 0.3) is 21.9 Å². The minimum absolute atomic E-state index is 0.309. The monoisotopic (exact) mass is 258 g/mol. The Labute approximate surface area is 109 Å². The first-order valence-corrected chi connectivity index (χ1v) is 6.67. The van der Waals surface area contributed by atoms with E-state index in [1.807, 2.05) is 24.3 Å². The molecule has 18 heavy (non-hydrogen) atoms. The van der Waals surface area contributed by atoms with E-state index in [0.29, 0.717) is 6.04 Å². The van der Waals surface area contributed by atoms with Gasteiger partial charge >= 0.3 is 0 Å². The molecule has 0 aromatic carbocycles. The van der Waals surface area contributed by atoms with Crippen LogP contribution in [0.3, 0.4) is 0 Å². The number of rotatable bonds is 2. The molecule has 0 aliphatic carbocycles. The van der Waals surface area contributed by atoms with Crippen LogP contribution in [0.2, 0.25) is 0 Å². The minimum atomic E-state index is 0.309. The van der Waals surface area contributed by atoms with E-state index in [0.717, 1.165) is 26.9 Å². The summed E-state index contributed by atoms with van der Waals surface area (Å²) in [5.74, 6) is 0.945. The summed E-state index contributed by atoms with van der Waals surface area (Å²) < 4.78 is 2.15. The van der Waals surface area contributed by atoms with Crippen LogP contribution in [0.1, 0.15) is 19.9 Å². The third-order valence-electron chi connectivity index (χ3n) is 2.81. The average Bonchev–Trinajstić information content (AvgIpc) is 2.91. The fourth-order valence-electron chi connectivity index (χ4n) is 2.07. The zero-order valence-corrected chi connectivity index (χ0v) is 11.1. The van der Waals surface area contributed by atoms with E-state index in [4.69, 9.17) is 5.73 Å². The van der Waals surface area contributed by atoms with Crippen molar-refractivity contribution >= 4 is 27.5 Å². The SMILES string of the molecule is CC(C)n1c(-c2ccc(N)s2)nc2cccnc21. The normalized spacial score (nSPS) is 11.5. The molecule has 0 atom stereocenters. The third-order valence-corrected chi connectivity index (χ3v) is 3.72. The lowest BCUT2D eigenvalue weighted by Gasteiger charge is -2.10. The van der Waals surface area contributed by atoms with Crippen molar-refractivity contribution in [3.63, 3.8) is 0 Å². The largest absolute Gasteiger partial charge is 0.391 e. The molecule has 3 rings (SSSR count). The van der Waals surface area contributed by atoms with Gasteiger partial charge in [0, 0.05) is 12.2 Å². The van der Waals surface area contributed by atoms with E-state index in [1.54, 1.807) is 17.5 Å². The van der Waals surface area contributed by atoms with E-state index in [9.17, 15) is 0 Å². The Morgan fingerprint density at radius 2 is 2.11 bits per heavy atom. The maximum Gasteiger partial charge on any atom is 0.160 e. The highest BCUT2D eigenvalue weighted by atomic mass is 32.1. The van der Waals surface area contributed by atoms with Gasteiger partial charge in [0.25, 0.3) is 0 Å². The number of fused-ring (bicyclic) bond motifs is 1. The lowest BCUT2D eigenvalue weighted by molar-refractivity contribution is 0.620. The highest BCUT2D eigenvalue weighted by Gasteiger charge is 2.16. The standard InChI is InChI=1S/C13H14N4S/c1-8(2)17-12-9(4-3-7-15-12)16-13(17)10-5-6-11(14)18-10/h3-8H,14H2,1-2H3. The Morgan fingerprint density at radius 3 is 2.78 bits per heavy atom. The Bertz CT molecular complexity index is 696. The Balaban J connectivity index is 2.31. The van der Waals surface area contributed by atoms with Crippen LogP contribution in [0.4, 0.5) is 5.00 Å². The molecule has 0 fully saturated rings. The molecule has 0 unspecified atom stereocenters. The maximum atomic E-state index is 5.80. The van der Waals surface area contributed by atoms with Crippen molar-refractivity contribution < 1.29 is 0 Å². The highest BCUT2D eigenvalue weighted by Crippen LogP contribution is 2.32. The summed E-state index contributed by atoms with van der Waals surface area (Å²) in [5.41, 5.74) is 7.65. The topological polar surface area (TPSA) is 56.7 Å². The molecule has 0 radical (unpaired) electrons. The molecular formula is C13H14N4S. The predicted octanol–water partition coefficient (Wildman–Crippen LogP) is 3.32. The van der Waals surface area contributed by atoms with Gasteiger partial charge in [0.2, 0.25) is 0 Å². The smallest absolute Gasteiger partial charge is 0.160 e. The number of thiophene rings is 1. The van der Waals surface area contributed by atoms with Crippen LogP contribution in [-0.2, 0) is 0 Å². The van der Waals surface area contributed by atoms with Gasteiger partial charge in [-0.2, -0.15) is 0 Å². The second kappa shape index (κ2) is 4.10. The van der Waals surface area contributed by atoms with Gasteiger partial charge in [0.15, 0.2) is 11.5 Å². The van der Waals surface area contributed by atoms with Crippen LogP contribution in [0, 0.1) is 0 Å². The molecule has 3 aromatic rings. The Kier molecular flexibility index (Phi) is 2.56. The molecule has 3 aromatic heterocycles. The van der Waals surface area contributed by atoms with Crippen LogP contribution < -0.4 is 5.73 Å². The third kappa shape index (κ3) is 1.67. The van der Waals surface area contributed by atoms with E-state index in [-0.39, 0.29) is 0 Å². The molecule has 0 aliphatic rings. The number of aromatic nitrogens is 3. The summed E-state index contributed by atoms with van der Waals surface area (Å²) in [6, 6.07) is 8.13. The number of hydrogen-bond acceptors (Lipinski definition) is 4. The van der Waals surface area contributed by atoms with E-state index >= 15 is 0 Å². The van der Waals surface area contributed by atoms with Gasteiger partial charge in [0.05, 0.1) is 9.88 Å². The van der Waals surface area contributed by atoms with E-state index < -0.39 is 0 Å². The summed E-state index contributed by atoms with van der Waals surface area (Å²) in [5, 5.41) is 0.806. The Hall–Kier alpha value is -1.88. The maximum absolute atomic E-state index is 5.80. The molecule has 0 bridgehead atoms. The lowest BCUT2D eigenvalue weighted by atomic mass is 10.3. The van der Waals surface area contributed by atoms with Crippen LogP contribution in [-0.4, -0.2) is 14.5 Å². The quantitative estimate of drug-likeness (QED) is 0.767. The summed E-state index contributed by atoms with van der Waals surface area (Å²) in [7, 11) is 0. The zero-order valence-electron chi connectivity index (χ0n) is 10.3. The molecule has 92 valence electrons. The summed E-state index contributed by atoms with van der Waals surface area (Å²) in [6.07, 6.45) is 1.80. The molecule has 0 aliphatic heterocycles. The number of nitrogens with zero attached hydrogens (tertiary/aromatic N) is 3. The molecule has 3 heterocycles. The molecule has 0 spiro atoms. The Morgan fingerprint density at radius 1 is 1.28 bits per heavy atom. The van der Waals surface area contributed by atoms with E-state index in [1.165, 1.54) is 0 Å². The number of nitrogens with two attached hydrogens (primary N) is 1. The number of imidazole rings is 1. The molecular weight excluding hydrogens is 244 g/mol. The first kappa shape index (κ1) is 11.2. The summed E-state index contributed by atoms with van der Waals surface area (Å²) >= 11 is 1.55.